The Kier molecular flexibility index (Phi) is 7.59. The summed E-state index contributed by atoms with van der Waals surface area (Å²) in [6.45, 7) is 7.95. The first-order valence-corrected chi connectivity index (χ1v) is 5.25. The highest BCUT2D eigenvalue weighted by Crippen LogP contribution is 2.02. The third-order valence-corrected chi connectivity index (χ3v) is 1.68. The fraction of sp³-hybridized carbons (Fsp3) is 0.308. The first-order chi connectivity index (χ1) is 7.57. The summed E-state index contributed by atoms with van der Waals surface area (Å²) in [6, 6.07) is 8.71. The van der Waals surface area contributed by atoms with Crippen molar-refractivity contribution >= 4 is 5.91 Å². The van der Waals surface area contributed by atoms with E-state index in [0.29, 0.717) is 11.3 Å². The number of para-hydroxylation sites is 1. The van der Waals surface area contributed by atoms with E-state index in [1.165, 1.54) is 0 Å². The van der Waals surface area contributed by atoms with Crippen molar-refractivity contribution in [2.75, 3.05) is 6.54 Å². The molecule has 2 N–H and O–H groups in total. The van der Waals surface area contributed by atoms with Gasteiger partial charge in [-0.2, -0.15) is 0 Å². The van der Waals surface area contributed by atoms with Gasteiger partial charge in [-0.25, -0.2) is 0 Å². The molecule has 0 radical (unpaired) electrons. The molecule has 1 aromatic rings. The molecule has 0 aromatic heterocycles. The van der Waals surface area contributed by atoms with Crippen molar-refractivity contribution in [1.29, 1.82) is 0 Å². The summed E-state index contributed by atoms with van der Waals surface area (Å²) in [5, 5.41) is 11.3. The van der Waals surface area contributed by atoms with Crippen LogP contribution in [0.1, 0.15) is 20.3 Å². The molecule has 0 atom stereocenters. The van der Waals surface area contributed by atoms with Crippen molar-refractivity contribution in [3.05, 3.63) is 42.5 Å². The van der Waals surface area contributed by atoms with Gasteiger partial charge in [0.1, 0.15) is 5.75 Å². The number of phenolic OH excluding ortho intramolecular Hbond substituents is 1. The minimum absolute atomic E-state index is 0.0446. The van der Waals surface area contributed by atoms with Crippen molar-refractivity contribution in [1.82, 2.24) is 5.32 Å². The molecule has 0 aliphatic heterocycles. The van der Waals surface area contributed by atoms with Crippen molar-refractivity contribution in [3.63, 3.8) is 0 Å². The van der Waals surface area contributed by atoms with Gasteiger partial charge in [0.15, 0.2) is 0 Å². The molecule has 1 amide bonds. The normalized spacial score (nSPS) is 8.62. The minimum atomic E-state index is -0.0446. The topological polar surface area (TPSA) is 49.3 Å². The monoisotopic (exact) mass is 221 g/mol. The maximum absolute atomic E-state index is 10.7. The number of carbonyl (C=O) groups is 1. The molecular weight excluding hydrogens is 202 g/mol. The van der Waals surface area contributed by atoms with Crippen LogP contribution in [0, 0.1) is 0 Å². The molecule has 0 spiro atoms. The van der Waals surface area contributed by atoms with Crippen LogP contribution in [0.25, 0.3) is 0 Å². The molecule has 3 nitrogen and oxygen atoms in total. The molecule has 0 bridgehead atoms. The van der Waals surface area contributed by atoms with Crippen molar-refractivity contribution in [2.45, 2.75) is 20.3 Å². The lowest BCUT2D eigenvalue weighted by atomic mass is 10.3. The number of hydrogen-bond donors (Lipinski definition) is 2. The lowest BCUT2D eigenvalue weighted by Gasteiger charge is -1.99. The van der Waals surface area contributed by atoms with Gasteiger partial charge in [0.25, 0.3) is 0 Å². The second kappa shape index (κ2) is 8.53. The van der Waals surface area contributed by atoms with E-state index in [-0.39, 0.29) is 5.91 Å². The molecule has 1 aromatic carbocycles. The van der Waals surface area contributed by atoms with Crippen LogP contribution in [0.5, 0.6) is 5.75 Å². The van der Waals surface area contributed by atoms with E-state index in [2.05, 4.69) is 11.9 Å². The van der Waals surface area contributed by atoms with E-state index in [0.717, 1.165) is 13.0 Å². The quantitative estimate of drug-likeness (QED) is 0.770. The number of phenols is 1. The smallest absolute Gasteiger partial charge is 0.246 e. The second-order valence-electron chi connectivity index (χ2n) is 3.37. The summed E-state index contributed by atoms with van der Waals surface area (Å²) in [5.74, 6) is 0.277. The maximum atomic E-state index is 10.7. The van der Waals surface area contributed by atoms with Crippen LogP contribution in [-0.2, 0) is 4.79 Å². The highest BCUT2D eigenvalue weighted by Gasteiger charge is 1.96. The molecule has 0 aliphatic carbocycles. The second-order valence-corrected chi connectivity index (χ2v) is 3.37. The SMILES string of the molecule is C=C(C)C(=O)NCCC.Oc1ccccc1. The summed E-state index contributed by atoms with van der Waals surface area (Å²) in [5.41, 5.74) is 0.573. The summed E-state index contributed by atoms with van der Waals surface area (Å²) < 4.78 is 0. The molecule has 16 heavy (non-hydrogen) atoms. The zero-order chi connectivity index (χ0) is 12.4. The Bertz CT molecular complexity index is 320. The zero-order valence-electron chi connectivity index (χ0n) is 9.86. The predicted molar refractivity (Wildman–Crippen MR) is 66.2 cm³/mol. The van der Waals surface area contributed by atoms with E-state index in [1.807, 2.05) is 13.0 Å². The van der Waals surface area contributed by atoms with Crippen LogP contribution in [0.15, 0.2) is 42.5 Å². The van der Waals surface area contributed by atoms with Crippen molar-refractivity contribution in [2.24, 2.45) is 0 Å². The number of hydrogen-bond acceptors (Lipinski definition) is 2. The summed E-state index contributed by atoms with van der Waals surface area (Å²) in [7, 11) is 0. The van der Waals surface area contributed by atoms with Gasteiger partial charge in [-0.05, 0) is 25.5 Å². The van der Waals surface area contributed by atoms with E-state index in [1.54, 1.807) is 31.2 Å². The number of aromatic hydroxyl groups is 1. The molecule has 3 heteroatoms. The Morgan fingerprint density at radius 2 is 1.94 bits per heavy atom. The molecule has 0 fully saturated rings. The van der Waals surface area contributed by atoms with Crippen LogP contribution in [0.4, 0.5) is 0 Å². The number of benzene rings is 1. The Morgan fingerprint density at radius 3 is 2.25 bits per heavy atom. The minimum Gasteiger partial charge on any atom is -0.508 e. The third-order valence-electron chi connectivity index (χ3n) is 1.68. The fourth-order valence-electron chi connectivity index (χ4n) is 0.817. The summed E-state index contributed by atoms with van der Waals surface area (Å²) >= 11 is 0. The van der Waals surface area contributed by atoms with Crippen LogP contribution >= 0.6 is 0 Å². The molecule has 0 aliphatic rings. The van der Waals surface area contributed by atoms with Gasteiger partial charge in [0, 0.05) is 12.1 Å². The lowest BCUT2D eigenvalue weighted by molar-refractivity contribution is -0.117. The first kappa shape index (κ1) is 14.2. The predicted octanol–water partition coefficient (Wildman–Crippen LogP) is 2.48. The molecule has 0 heterocycles. The zero-order valence-corrected chi connectivity index (χ0v) is 9.86. The van der Waals surface area contributed by atoms with Gasteiger partial charge < -0.3 is 10.4 Å². The van der Waals surface area contributed by atoms with Gasteiger partial charge in [0.05, 0.1) is 0 Å². The Morgan fingerprint density at radius 1 is 1.38 bits per heavy atom. The molecular formula is C13H19NO2. The standard InChI is InChI=1S/C7H13NO.C6H6O/c1-4-5-8-7(9)6(2)3;7-6-4-2-1-3-5-6/h2,4-5H2,1,3H3,(H,8,9);1-5,7H. The maximum Gasteiger partial charge on any atom is 0.246 e. The van der Waals surface area contributed by atoms with Crippen LogP contribution in [-0.4, -0.2) is 17.6 Å². The summed E-state index contributed by atoms with van der Waals surface area (Å²) in [6.07, 6.45) is 0.971. The Balaban J connectivity index is 0.000000288. The number of rotatable bonds is 3. The highest BCUT2D eigenvalue weighted by molar-refractivity contribution is 5.91. The van der Waals surface area contributed by atoms with Crippen LogP contribution < -0.4 is 5.32 Å². The van der Waals surface area contributed by atoms with E-state index >= 15 is 0 Å². The Labute approximate surface area is 96.8 Å². The summed E-state index contributed by atoms with van der Waals surface area (Å²) in [4.78, 5) is 10.7. The fourth-order valence-corrected chi connectivity index (χ4v) is 0.817. The number of nitrogens with one attached hydrogen (secondary N) is 1. The van der Waals surface area contributed by atoms with Gasteiger partial charge in [-0.3, -0.25) is 4.79 Å². The van der Waals surface area contributed by atoms with E-state index < -0.39 is 0 Å². The average Bonchev–Trinajstić information content (AvgIpc) is 2.27. The molecule has 1 rings (SSSR count). The first-order valence-electron chi connectivity index (χ1n) is 5.25. The molecule has 0 saturated heterocycles. The van der Waals surface area contributed by atoms with Crippen molar-refractivity contribution in [3.8, 4) is 5.75 Å². The molecule has 0 unspecified atom stereocenters. The number of carbonyl (C=O) groups excluding carboxylic acids is 1. The van der Waals surface area contributed by atoms with Crippen LogP contribution in [0.3, 0.4) is 0 Å². The van der Waals surface area contributed by atoms with Gasteiger partial charge in [0.2, 0.25) is 5.91 Å². The largest absolute Gasteiger partial charge is 0.508 e. The highest BCUT2D eigenvalue weighted by atomic mass is 16.3. The third kappa shape index (κ3) is 7.62. The molecule has 0 saturated carbocycles. The van der Waals surface area contributed by atoms with Crippen LogP contribution in [0.2, 0.25) is 0 Å². The van der Waals surface area contributed by atoms with E-state index in [9.17, 15) is 4.79 Å². The van der Waals surface area contributed by atoms with E-state index in [4.69, 9.17) is 5.11 Å². The van der Waals surface area contributed by atoms with Gasteiger partial charge >= 0.3 is 0 Å². The lowest BCUT2D eigenvalue weighted by Crippen LogP contribution is -2.24. The van der Waals surface area contributed by atoms with Crippen molar-refractivity contribution < 1.29 is 9.90 Å². The Hall–Kier alpha value is -1.77. The van der Waals surface area contributed by atoms with Gasteiger partial charge in [-0.1, -0.05) is 31.7 Å². The molecule has 88 valence electrons. The number of amides is 1. The van der Waals surface area contributed by atoms with Gasteiger partial charge in [-0.15, -0.1) is 0 Å². The average molecular weight is 221 g/mol.